The molecule has 0 saturated carbocycles. The van der Waals surface area contributed by atoms with E-state index in [0.717, 1.165) is 31.4 Å². The summed E-state index contributed by atoms with van der Waals surface area (Å²) in [6.45, 7) is 3.29. The lowest BCUT2D eigenvalue weighted by atomic mass is 9.99. The minimum absolute atomic E-state index is 0.0119. The van der Waals surface area contributed by atoms with Crippen LogP contribution in [0.1, 0.15) is 59.0 Å². The monoisotopic (exact) mass is 352 g/mol. The van der Waals surface area contributed by atoms with E-state index in [-0.39, 0.29) is 23.6 Å². The van der Waals surface area contributed by atoms with E-state index in [1.807, 2.05) is 17.0 Å². The molecule has 0 radical (unpaired) electrons. The molecule has 1 atom stereocenters. The number of nitrogens with one attached hydrogen (secondary N) is 1. The lowest BCUT2D eigenvalue weighted by Crippen LogP contribution is -2.43. The van der Waals surface area contributed by atoms with Crippen LogP contribution >= 0.6 is 0 Å². The van der Waals surface area contributed by atoms with Crippen molar-refractivity contribution in [2.45, 2.75) is 45.2 Å². The Bertz CT molecular complexity index is 763. The van der Waals surface area contributed by atoms with Gasteiger partial charge in [-0.2, -0.15) is 0 Å². The molecule has 2 amide bonds. The number of rotatable bonds is 5. The molecule has 3 heterocycles. The van der Waals surface area contributed by atoms with E-state index < -0.39 is 0 Å². The zero-order chi connectivity index (χ0) is 18.4. The highest BCUT2D eigenvalue weighted by Crippen LogP contribution is 2.21. The second kappa shape index (κ2) is 8.56. The van der Waals surface area contributed by atoms with Gasteiger partial charge in [0.05, 0.1) is 0 Å². The number of hydrogen-bond acceptors (Lipinski definition) is 4. The second-order valence-electron chi connectivity index (χ2n) is 6.52. The van der Waals surface area contributed by atoms with Crippen LogP contribution in [-0.4, -0.2) is 39.3 Å². The molecule has 1 unspecified atom stereocenters. The first-order valence-electron chi connectivity index (χ1n) is 9.13. The van der Waals surface area contributed by atoms with Gasteiger partial charge in [-0.25, -0.2) is 0 Å². The van der Waals surface area contributed by atoms with Gasteiger partial charge in [-0.05, 0) is 55.5 Å². The van der Waals surface area contributed by atoms with Crippen molar-refractivity contribution in [1.29, 1.82) is 0 Å². The average molecular weight is 352 g/mol. The summed E-state index contributed by atoms with van der Waals surface area (Å²) < 4.78 is 0. The summed E-state index contributed by atoms with van der Waals surface area (Å²) in [5.74, 6) is -0.302. The van der Waals surface area contributed by atoms with Crippen LogP contribution in [0.5, 0.6) is 0 Å². The van der Waals surface area contributed by atoms with Crippen molar-refractivity contribution in [3.63, 3.8) is 0 Å². The number of carbonyl (C=O) groups is 2. The van der Waals surface area contributed by atoms with Gasteiger partial charge in [-0.15, -0.1) is 0 Å². The van der Waals surface area contributed by atoms with Gasteiger partial charge in [0.25, 0.3) is 11.8 Å². The Kier molecular flexibility index (Phi) is 5.94. The molecule has 136 valence electrons. The quantitative estimate of drug-likeness (QED) is 0.898. The number of pyridine rings is 2. The van der Waals surface area contributed by atoms with Crippen LogP contribution < -0.4 is 5.32 Å². The summed E-state index contributed by atoms with van der Waals surface area (Å²) in [7, 11) is 0. The molecule has 0 aliphatic carbocycles. The van der Waals surface area contributed by atoms with Crippen LogP contribution in [0.25, 0.3) is 0 Å². The summed E-state index contributed by atoms with van der Waals surface area (Å²) in [6.07, 6.45) is 9.10. The second-order valence-corrected chi connectivity index (χ2v) is 6.52. The van der Waals surface area contributed by atoms with Crippen molar-refractivity contribution in [3.8, 4) is 0 Å². The fourth-order valence-electron chi connectivity index (χ4n) is 3.32. The topological polar surface area (TPSA) is 75.2 Å². The third kappa shape index (κ3) is 4.25. The predicted octanol–water partition coefficient (Wildman–Crippen LogP) is 2.81. The number of piperidine rings is 1. The summed E-state index contributed by atoms with van der Waals surface area (Å²) >= 11 is 0. The largest absolute Gasteiger partial charge is 0.347 e. The standard InChI is InChI=1S/C20H24N4O2/c1-2-17-5-3-4-12-24(17)20(26)16-8-11-22-18(13-16)19(25)23-14-15-6-9-21-10-7-15/h6-11,13,17H,2-5,12,14H2,1H3,(H,23,25). The van der Waals surface area contributed by atoms with Gasteiger partial charge in [0.2, 0.25) is 0 Å². The third-order valence-electron chi connectivity index (χ3n) is 4.80. The predicted molar refractivity (Wildman–Crippen MR) is 98.6 cm³/mol. The van der Waals surface area contributed by atoms with E-state index in [9.17, 15) is 9.59 Å². The Balaban J connectivity index is 1.69. The number of aromatic nitrogens is 2. The molecule has 0 aromatic carbocycles. The maximum atomic E-state index is 12.9. The van der Waals surface area contributed by atoms with E-state index in [2.05, 4.69) is 22.2 Å². The molecular weight excluding hydrogens is 328 g/mol. The molecule has 2 aromatic rings. The molecular formula is C20H24N4O2. The van der Waals surface area contributed by atoms with Gasteiger partial charge in [-0.1, -0.05) is 6.92 Å². The Labute approximate surface area is 153 Å². The van der Waals surface area contributed by atoms with E-state index in [4.69, 9.17) is 0 Å². The first kappa shape index (κ1) is 18.0. The highest BCUT2D eigenvalue weighted by atomic mass is 16.2. The minimum Gasteiger partial charge on any atom is -0.347 e. The molecule has 2 aromatic heterocycles. The fourth-order valence-corrected chi connectivity index (χ4v) is 3.32. The number of hydrogen-bond donors (Lipinski definition) is 1. The van der Waals surface area contributed by atoms with Crippen molar-refractivity contribution in [2.75, 3.05) is 6.54 Å². The zero-order valence-corrected chi connectivity index (χ0v) is 15.0. The van der Waals surface area contributed by atoms with Crippen LogP contribution in [-0.2, 0) is 6.54 Å². The normalized spacial score (nSPS) is 17.0. The van der Waals surface area contributed by atoms with E-state index in [1.54, 1.807) is 24.5 Å². The summed E-state index contributed by atoms with van der Waals surface area (Å²) in [6, 6.07) is 7.24. The SMILES string of the molecule is CCC1CCCCN1C(=O)c1ccnc(C(=O)NCc2ccncc2)c1. The lowest BCUT2D eigenvalue weighted by molar-refractivity contribution is 0.0608. The molecule has 1 aliphatic rings. The van der Waals surface area contributed by atoms with Crippen LogP contribution in [0.2, 0.25) is 0 Å². The Morgan fingerprint density at radius 3 is 2.77 bits per heavy atom. The Morgan fingerprint density at radius 1 is 1.19 bits per heavy atom. The summed E-state index contributed by atoms with van der Waals surface area (Å²) in [5, 5.41) is 2.83. The van der Waals surface area contributed by atoms with Crippen molar-refractivity contribution in [3.05, 3.63) is 59.7 Å². The van der Waals surface area contributed by atoms with Gasteiger partial charge < -0.3 is 10.2 Å². The molecule has 6 heteroatoms. The highest BCUT2D eigenvalue weighted by molar-refractivity contribution is 5.98. The summed E-state index contributed by atoms with van der Waals surface area (Å²) in [4.78, 5) is 35.3. The van der Waals surface area contributed by atoms with Crippen molar-refractivity contribution >= 4 is 11.8 Å². The molecule has 6 nitrogen and oxygen atoms in total. The molecule has 1 aliphatic heterocycles. The van der Waals surface area contributed by atoms with Crippen molar-refractivity contribution in [2.24, 2.45) is 0 Å². The molecule has 1 N–H and O–H groups in total. The van der Waals surface area contributed by atoms with Crippen LogP contribution in [0.3, 0.4) is 0 Å². The first-order chi connectivity index (χ1) is 12.7. The Hall–Kier alpha value is -2.76. The summed E-state index contributed by atoms with van der Waals surface area (Å²) in [5.41, 5.74) is 1.74. The van der Waals surface area contributed by atoms with Gasteiger partial charge >= 0.3 is 0 Å². The molecule has 0 spiro atoms. The molecule has 1 fully saturated rings. The van der Waals surface area contributed by atoms with Crippen LogP contribution in [0.15, 0.2) is 42.9 Å². The van der Waals surface area contributed by atoms with Crippen molar-refractivity contribution < 1.29 is 9.59 Å². The van der Waals surface area contributed by atoms with Gasteiger partial charge in [0, 0.05) is 43.3 Å². The molecule has 26 heavy (non-hydrogen) atoms. The smallest absolute Gasteiger partial charge is 0.270 e. The van der Waals surface area contributed by atoms with Crippen molar-refractivity contribution in [1.82, 2.24) is 20.2 Å². The highest BCUT2D eigenvalue weighted by Gasteiger charge is 2.26. The van der Waals surface area contributed by atoms with Crippen LogP contribution in [0.4, 0.5) is 0 Å². The van der Waals surface area contributed by atoms with Gasteiger partial charge in [0.15, 0.2) is 0 Å². The number of carbonyl (C=O) groups excluding carboxylic acids is 2. The van der Waals surface area contributed by atoms with Crippen LogP contribution in [0, 0.1) is 0 Å². The fraction of sp³-hybridized carbons (Fsp3) is 0.400. The van der Waals surface area contributed by atoms with Gasteiger partial charge in [-0.3, -0.25) is 19.6 Å². The van der Waals surface area contributed by atoms with E-state index >= 15 is 0 Å². The van der Waals surface area contributed by atoms with Gasteiger partial charge in [0.1, 0.15) is 5.69 Å². The van der Waals surface area contributed by atoms with E-state index in [1.165, 1.54) is 12.6 Å². The number of nitrogens with zero attached hydrogens (tertiary/aromatic N) is 3. The average Bonchev–Trinajstić information content (AvgIpc) is 2.72. The zero-order valence-electron chi connectivity index (χ0n) is 15.0. The number of likely N-dealkylation sites (tertiary alicyclic amines) is 1. The third-order valence-corrected chi connectivity index (χ3v) is 4.80. The molecule has 1 saturated heterocycles. The minimum atomic E-state index is -0.290. The van der Waals surface area contributed by atoms with E-state index in [0.29, 0.717) is 12.1 Å². The maximum absolute atomic E-state index is 12.9. The lowest BCUT2D eigenvalue weighted by Gasteiger charge is -2.35. The number of amides is 2. The first-order valence-corrected chi connectivity index (χ1v) is 9.13. The molecule has 0 bridgehead atoms. The maximum Gasteiger partial charge on any atom is 0.270 e. The Morgan fingerprint density at radius 2 is 2.00 bits per heavy atom. The molecule has 3 rings (SSSR count).